The summed E-state index contributed by atoms with van der Waals surface area (Å²) < 4.78 is 5.58. The van der Waals surface area contributed by atoms with E-state index in [-0.39, 0.29) is 30.5 Å². The molecule has 6 nitrogen and oxygen atoms in total. The van der Waals surface area contributed by atoms with Crippen molar-refractivity contribution in [3.63, 3.8) is 0 Å². The number of aliphatic hydroxyl groups is 1. The van der Waals surface area contributed by atoms with Crippen LogP contribution in [0.5, 0.6) is 5.75 Å². The third-order valence-corrected chi connectivity index (χ3v) is 4.36. The molecule has 0 radical (unpaired) electrons. The summed E-state index contributed by atoms with van der Waals surface area (Å²) >= 11 is 1.53. The highest BCUT2D eigenvalue weighted by molar-refractivity contribution is 14.0. The predicted molar refractivity (Wildman–Crippen MR) is 113 cm³/mol. The number of ether oxygens (including phenoxy) is 1. The summed E-state index contributed by atoms with van der Waals surface area (Å²) in [5.74, 6) is 1.39. The number of thiophene rings is 1. The van der Waals surface area contributed by atoms with Crippen molar-refractivity contribution in [2.24, 2.45) is 4.99 Å². The van der Waals surface area contributed by atoms with Crippen molar-refractivity contribution in [2.75, 3.05) is 26.2 Å². The minimum absolute atomic E-state index is 0. The standard InChI is InChI=1S/C17H24N4O2S.HI/c1-3-19-16(20-9-10-23-14-6-4-8-18-12-14)21-13-17(2,22)15-7-5-11-24-15;/h4-8,11-12,22H,3,9-10,13H2,1-2H3,(H2,19,20,21);1H. The number of hydrogen-bond acceptors (Lipinski definition) is 5. The lowest BCUT2D eigenvalue weighted by Crippen LogP contribution is -2.40. The van der Waals surface area contributed by atoms with Gasteiger partial charge in [0.15, 0.2) is 5.96 Å². The number of hydrogen-bond donors (Lipinski definition) is 3. The van der Waals surface area contributed by atoms with Gasteiger partial charge in [-0.05, 0) is 37.4 Å². The molecule has 0 aliphatic carbocycles. The average molecular weight is 476 g/mol. The highest BCUT2D eigenvalue weighted by atomic mass is 127. The average Bonchev–Trinajstić information content (AvgIpc) is 3.13. The number of rotatable bonds is 8. The van der Waals surface area contributed by atoms with Crippen LogP contribution in [-0.4, -0.2) is 42.3 Å². The van der Waals surface area contributed by atoms with E-state index in [1.807, 2.05) is 36.6 Å². The van der Waals surface area contributed by atoms with E-state index < -0.39 is 5.60 Å². The Hall–Kier alpha value is -1.39. The van der Waals surface area contributed by atoms with Gasteiger partial charge in [-0.1, -0.05) is 6.07 Å². The second-order valence-corrected chi connectivity index (χ2v) is 6.36. The van der Waals surface area contributed by atoms with E-state index >= 15 is 0 Å². The molecule has 2 aromatic heterocycles. The summed E-state index contributed by atoms with van der Waals surface area (Å²) in [5, 5.41) is 18.8. The first-order valence-corrected chi connectivity index (χ1v) is 8.81. The molecule has 0 fully saturated rings. The third-order valence-electron chi connectivity index (χ3n) is 3.24. The van der Waals surface area contributed by atoms with E-state index in [0.29, 0.717) is 19.1 Å². The first kappa shape index (κ1) is 21.7. The Morgan fingerprint density at radius 3 is 2.84 bits per heavy atom. The maximum absolute atomic E-state index is 10.5. The van der Waals surface area contributed by atoms with E-state index in [2.05, 4.69) is 20.6 Å². The Morgan fingerprint density at radius 1 is 1.36 bits per heavy atom. The van der Waals surface area contributed by atoms with E-state index in [1.165, 1.54) is 11.3 Å². The summed E-state index contributed by atoms with van der Waals surface area (Å²) in [5.41, 5.74) is -0.970. The summed E-state index contributed by atoms with van der Waals surface area (Å²) in [7, 11) is 0. The van der Waals surface area contributed by atoms with Crippen molar-refractivity contribution in [2.45, 2.75) is 19.4 Å². The van der Waals surface area contributed by atoms with E-state index in [4.69, 9.17) is 4.74 Å². The van der Waals surface area contributed by atoms with Gasteiger partial charge in [0.1, 0.15) is 18.0 Å². The quantitative estimate of drug-likeness (QED) is 0.236. The van der Waals surface area contributed by atoms with Crippen LogP contribution in [0.4, 0.5) is 0 Å². The van der Waals surface area contributed by atoms with Crippen LogP contribution in [0, 0.1) is 0 Å². The largest absolute Gasteiger partial charge is 0.490 e. The van der Waals surface area contributed by atoms with Crippen LogP contribution in [0.3, 0.4) is 0 Å². The molecule has 25 heavy (non-hydrogen) atoms. The van der Waals surface area contributed by atoms with Crippen molar-refractivity contribution in [3.8, 4) is 5.75 Å². The molecule has 1 unspecified atom stereocenters. The second-order valence-electron chi connectivity index (χ2n) is 5.41. The molecule has 2 rings (SSSR count). The summed E-state index contributed by atoms with van der Waals surface area (Å²) in [4.78, 5) is 9.37. The molecule has 138 valence electrons. The van der Waals surface area contributed by atoms with E-state index in [0.717, 1.165) is 17.2 Å². The zero-order valence-electron chi connectivity index (χ0n) is 14.4. The molecular formula is C17H25IN4O2S. The molecule has 0 saturated carbocycles. The molecule has 0 aliphatic rings. The molecular weight excluding hydrogens is 451 g/mol. The maximum Gasteiger partial charge on any atom is 0.191 e. The normalized spacial score (nSPS) is 13.5. The number of aliphatic imine (C=N–C) groups is 1. The van der Waals surface area contributed by atoms with Crippen molar-refractivity contribution < 1.29 is 9.84 Å². The van der Waals surface area contributed by atoms with Crippen LogP contribution in [0.15, 0.2) is 47.0 Å². The summed E-state index contributed by atoms with van der Waals surface area (Å²) in [6.45, 7) is 5.90. The summed E-state index contributed by atoms with van der Waals surface area (Å²) in [6.07, 6.45) is 3.39. The van der Waals surface area contributed by atoms with Gasteiger partial charge in [0.05, 0.1) is 19.3 Å². The van der Waals surface area contributed by atoms with Gasteiger partial charge in [0, 0.05) is 17.6 Å². The molecule has 0 amide bonds. The minimum Gasteiger partial charge on any atom is -0.490 e. The van der Waals surface area contributed by atoms with Gasteiger partial charge in [-0.25, -0.2) is 4.99 Å². The van der Waals surface area contributed by atoms with Crippen LogP contribution in [0.25, 0.3) is 0 Å². The van der Waals surface area contributed by atoms with Crippen LogP contribution >= 0.6 is 35.3 Å². The van der Waals surface area contributed by atoms with E-state index in [9.17, 15) is 5.11 Å². The lowest BCUT2D eigenvalue weighted by molar-refractivity contribution is 0.0711. The molecule has 2 aromatic rings. The van der Waals surface area contributed by atoms with Crippen LogP contribution in [-0.2, 0) is 5.60 Å². The second kappa shape index (κ2) is 11.3. The Balaban J connectivity index is 0.00000312. The Morgan fingerprint density at radius 2 is 2.20 bits per heavy atom. The van der Waals surface area contributed by atoms with Crippen molar-refractivity contribution >= 4 is 41.3 Å². The molecule has 0 spiro atoms. The van der Waals surface area contributed by atoms with Gasteiger partial charge in [0.25, 0.3) is 0 Å². The number of halogens is 1. The SMILES string of the molecule is CCNC(=NCC(C)(O)c1cccs1)NCCOc1cccnc1.I. The maximum atomic E-state index is 10.5. The zero-order chi connectivity index (χ0) is 17.3. The summed E-state index contributed by atoms with van der Waals surface area (Å²) in [6, 6.07) is 7.55. The number of nitrogens with zero attached hydrogens (tertiary/aromatic N) is 2. The van der Waals surface area contributed by atoms with Crippen LogP contribution in [0.2, 0.25) is 0 Å². The fraction of sp³-hybridized carbons (Fsp3) is 0.412. The van der Waals surface area contributed by atoms with Gasteiger partial charge in [0.2, 0.25) is 0 Å². The third kappa shape index (κ3) is 7.57. The lowest BCUT2D eigenvalue weighted by atomic mass is 10.1. The fourth-order valence-corrected chi connectivity index (χ4v) is 2.79. The van der Waals surface area contributed by atoms with Crippen LogP contribution < -0.4 is 15.4 Å². The molecule has 0 saturated heterocycles. The lowest BCUT2D eigenvalue weighted by Gasteiger charge is -2.20. The van der Waals surface area contributed by atoms with Gasteiger partial charge in [-0.2, -0.15) is 0 Å². The molecule has 0 aromatic carbocycles. The minimum atomic E-state index is -0.970. The van der Waals surface area contributed by atoms with Crippen molar-refractivity contribution in [3.05, 3.63) is 46.9 Å². The number of aromatic nitrogens is 1. The Kier molecular flexibility index (Phi) is 9.76. The first-order valence-electron chi connectivity index (χ1n) is 7.93. The highest BCUT2D eigenvalue weighted by Gasteiger charge is 2.23. The Bertz CT molecular complexity index is 621. The predicted octanol–water partition coefficient (Wildman–Crippen LogP) is 2.60. The van der Waals surface area contributed by atoms with Crippen LogP contribution in [0.1, 0.15) is 18.7 Å². The fourth-order valence-electron chi connectivity index (χ4n) is 2.01. The van der Waals surface area contributed by atoms with Gasteiger partial charge in [-0.3, -0.25) is 4.98 Å². The Labute approximate surface area is 169 Å². The molecule has 1 atom stereocenters. The highest BCUT2D eigenvalue weighted by Crippen LogP contribution is 2.25. The molecule has 3 N–H and O–H groups in total. The number of pyridine rings is 1. The monoisotopic (exact) mass is 476 g/mol. The molecule has 0 bridgehead atoms. The molecule has 0 aliphatic heterocycles. The number of nitrogens with one attached hydrogen (secondary N) is 2. The zero-order valence-corrected chi connectivity index (χ0v) is 17.6. The number of guanidine groups is 1. The smallest absolute Gasteiger partial charge is 0.191 e. The van der Waals surface area contributed by atoms with E-state index in [1.54, 1.807) is 19.3 Å². The van der Waals surface area contributed by atoms with Gasteiger partial charge < -0.3 is 20.5 Å². The first-order chi connectivity index (χ1) is 11.6. The van der Waals surface area contributed by atoms with Crippen molar-refractivity contribution in [1.29, 1.82) is 0 Å². The molecule has 8 heteroatoms. The van der Waals surface area contributed by atoms with Gasteiger partial charge in [-0.15, -0.1) is 35.3 Å². The topological polar surface area (TPSA) is 78.8 Å². The van der Waals surface area contributed by atoms with Gasteiger partial charge >= 0.3 is 0 Å². The molecule has 2 heterocycles. The van der Waals surface area contributed by atoms with Crippen molar-refractivity contribution in [1.82, 2.24) is 15.6 Å².